The molecule has 3 atom stereocenters. The molecule has 0 amide bonds. The van der Waals surface area contributed by atoms with Crippen LogP contribution >= 0.6 is 0 Å². The van der Waals surface area contributed by atoms with Gasteiger partial charge >= 0.3 is 0 Å². The van der Waals surface area contributed by atoms with Gasteiger partial charge in [-0.05, 0) is 37.0 Å². The Kier molecular flexibility index (Phi) is 2.42. The summed E-state index contributed by atoms with van der Waals surface area (Å²) in [5.74, 6) is 2.14. The molecule has 2 heteroatoms. The average molecular weight is 245 g/mol. The Bertz CT molecular complexity index is 466. The summed E-state index contributed by atoms with van der Waals surface area (Å²) in [4.78, 5) is 0. The van der Waals surface area contributed by atoms with Crippen molar-refractivity contribution in [3.05, 3.63) is 24.3 Å². The number of phenolic OH excluding ortho intramolecular Hbond substituents is 1. The van der Waals surface area contributed by atoms with Gasteiger partial charge in [0, 0.05) is 11.3 Å². The van der Waals surface area contributed by atoms with Gasteiger partial charge in [-0.2, -0.15) is 0 Å². The minimum absolute atomic E-state index is 0.0721. The fourth-order valence-electron chi connectivity index (χ4n) is 3.92. The number of ether oxygens (including phenoxy) is 1. The molecular weight excluding hydrogens is 224 g/mol. The van der Waals surface area contributed by atoms with Crippen molar-refractivity contribution in [2.24, 2.45) is 17.3 Å². The predicted molar refractivity (Wildman–Crippen MR) is 70.6 cm³/mol. The highest BCUT2D eigenvalue weighted by Gasteiger charge is 2.74. The molecule has 0 aliphatic heterocycles. The summed E-state index contributed by atoms with van der Waals surface area (Å²) in [5, 5.41) is 9.87. The number of fused-ring (bicyclic) bond motifs is 1. The van der Waals surface area contributed by atoms with Crippen LogP contribution in [0.15, 0.2) is 18.2 Å². The van der Waals surface area contributed by atoms with Crippen molar-refractivity contribution >= 4 is 0 Å². The van der Waals surface area contributed by atoms with Crippen LogP contribution in [0, 0.1) is 23.3 Å². The van der Waals surface area contributed by atoms with E-state index in [2.05, 4.69) is 26.8 Å². The highest BCUT2D eigenvalue weighted by Crippen LogP contribution is 2.70. The molecule has 2 aliphatic carbocycles. The molecule has 2 saturated carbocycles. The Labute approximate surface area is 109 Å². The van der Waals surface area contributed by atoms with Crippen LogP contribution in [0.1, 0.15) is 40.0 Å². The summed E-state index contributed by atoms with van der Waals surface area (Å²) in [6, 6.07) is 8.07. The van der Waals surface area contributed by atoms with Crippen LogP contribution in [0.25, 0.3) is 0 Å². The smallest absolute Gasteiger partial charge is 0.162 e. The zero-order valence-electron chi connectivity index (χ0n) is 11.4. The van der Waals surface area contributed by atoms with Crippen molar-refractivity contribution < 1.29 is 9.84 Å². The molecule has 1 radical (unpaired) electrons. The van der Waals surface area contributed by atoms with E-state index in [0.717, 1.165) is 6.42 Å². The van der Waals surface area contributed by atoms with Crippen LogP contribution in [0.3, 0.4) is 0 Å². The molecule has 3 unspecified atom stereocenters. The van der Waals surface area contributed by atoms with Gasteiger partial charge in [-0.15, -0.1) is 0 Å². The van der Waals surface area contributed by atoms with Crippen molar-refractivity contribution in [3.63, 3.8) is 0 Å². The Balaban J connectivity index is 1.89. The summed E-state index contributed by atoms with van der Waals surface area (Å²) in [6.45, 7) is 6.88. The van der Waals surface area contributed by atoms with E-state index in [4.69, 9.17) is 4.74 Å². The molecule has 1 aromatic carbocycles. The molecule has 18 heavy (non-hydrogen) atoms. The second-order valence-electron chi connectivity index (χ2n) is 6.55. The van der Waals surface area contributed by atoms with Crippen LogP contribution in [0.4, 0.5) is 0 Å². The van der Waals surface area contributed by atoms with Gasteiger partial charge in [0.1, 0.15) is 5.60 Å². The van der Waals surface area contributed by atoms with Crippen LogP contribution in [0.2, 0.25) is 0 Å². The molecule has 3 rings (SSSR count). The first-order valence-corrected chi connectivity index (χ1v) is 6.85. The molecule has 0 aromatic heterocycles. The summed E-state index contributed by atoms with van der Waals surface area (Å²) in [6.07, 6.45) is 3.64. The van der Waals surface area contributed by atoms with Gasteiger partial charge in [0.2, 0.25) is 0 Å². The maximum absolute atomic E-state index is 9.87. The zero-order valence-corrected chi connectivity index (χ0v) is 11.4. The van der Waals surface area contributed by atoms with Crippen LogP contribution in [0.5, 0.6) is 11.5 Å². The number of phenols is 1. The summed E-state index contributed by atoms with van der Waals surface area (Å²) >= 11 is 0. The lowest BCUT2D eigenvalue weighted by atomic mass is 9.88. The SMILES string of the molecule is CC1CCC2C(C)(C)C2(Oc2c[c]ccc2O)C1. The van der Waals surface area contributed by atoms with Gasteiger partial charge in [0.15, 0.2) is 11.5 Å². The molecule has 97 valence electrons. The lowest BCUT2D eigenvalue weighted by Crippen LogP contribution is -2.30. The second kappa shape index (κ2) is 3.66. The van der Waals surface area contributed by atoms with E-state index < -0.39 is 0 Å². The number of hydrogen-bond acceptors (Lipinski definition) is 2. The molecule has 1 N–H and O–H groups in total. The molecule has 2 fully saturated rings. The van der Waals surface area contributed by atoms with Gasteiger partial charge in [0.25, 0.3) is 0 Å². The third kappa shape index (κ3) is 1.47. The predicted octanol–water partition coefficient (Wildman–Crippen LogP) is 3.79. The Morgan fingerprint density at radius 1 is 1.39 bits per heavy atom. The highest BCUT2D eigenvalue weighted by atomic mass is 16.5. The van der Waals surface area contributed by atoms with E-state index in [9.17, 15) is 5.11 Å². The van der Waals surface area contributed by atoms with E-state index >= 15 is 0 Å². The molecular formula is C16H21O2. The minimum atomic E-state index is -0.0721. The number of rotatable bonds is 2. The molecule has 0 spiro atoms. The lowest BCUT2D eigenvalue weighted by Gasteiger charge is -2.29. The van der Waals surface area contributed by atoms with E-state index in [1.165, 1.54) is 12.8 Å². The normalized spacial score (nSPS) is 36.8. The topological polar surface area (TPSA) is 29.5 Å². The van der Waals surface area contributed by atoms with E-state index in [-0.39, 0.29) is 16.8 Å². The number of benzene rings is 1. The number of aromatic hydroxyl groups is 1. The maximum Gasteiger partial charge on any atom is 0.162 e. The first-order valence-electron chi connectivity index (χ1n) is 6.85. The summed E-state index contributed by atoms with van der Waals surface area (Å²) in [7, 11) is 0. The van der Waals surface area contributed by atoms with Crippen LogP contribution in [-0.2, 0) is 0 Å². The first kappa shape index (κ1) is 11.9. The summed E-state index contributed by atoms with van der Waals surface area (Å²) < 4.78 is 6.25. The largest absolute Gasteiger partial charge is 0.504 e. The third-order valence-electron chi connectivity index (χ3n) is 5.14. The Morgan fingerprint density at radius 2 is 2.17 bits per heavy atom. The molecule has 0 heterocycles. The molecule has 2 nitrogen and oxygen atoms in total. The second-order valence-corrected chi connectivity index (χ2v) is 6.55. The number of hydrogen-bond donors (Lipinski definition) is 1. The van der Waals surface area contributed by atoms with Gasteiger partial charge < -0.3 is 9.84 Å². The molecule has 0 bridgehead atoms. The maximum atomic E-state index is 9.87. The van der Waals surface area contributed by atoms with Crippen molar-refractivity contribution in [2.45, 2.75) is 45.6 Å². The Morgan fingerprint density at radius 3 is 2.89 bits per heavy atom. The standard InChI is InChI=1S/C16H21O2/c1-11-8-9-14-15(2,3)16(14,10-11)18-13-7-5-4-6-12(13)17/h4,6-7,11,14,17H,8-10H2,1-3H3. The molecule has 1 aromatic rings. The van der Waals surface area contributed by atoms with Crippen LogP contribution in [-0.4, -0.2) is 10.7 Å². The lowest BCUT2D eigenvalue weighted by molar-refractivity contribution is 0.0815. The monoisotopic (exact) mass is 245 g/mol. The molecule has 2 aliphatic rings. The van der Waals surface area contributed by atoms with Gasteiger partial charge in [-0.25, -0.2) is 0 Å². The zero-order chi connectivity index (χ0) is 13.0. The van der Waals surface area contributed by atoms with E-state index in [1.54, 1.807) is 18.2 Å². The Hall–Kier alpha value is -1.18. The van der Waals surface area contributed by atoms with Gasteiger partial charge in [-0.3, -0.25) is 0 Å². The average Bonchev–Trinajstić information content (AvgIpc) is 2.78. The minimum Gasteiger partial charge on any atom is -0.504 e. The van der Waals surface area contributed by atoms with Crippen molar-refractivity contribution in [1.29, 1.82) is 0 Å². The van der Waals surface area contributed by atoms with Crippen molar-refractivity contribution in [3.8, 4) is 11.5 Å². The fourth-order valence-corrected chi connectivity index (χ4v) is 3.92. The summed E-state index contributed by atoms with van der Waals surface area (Å²) in [5.41, 5.74) is 0.150. The first-order chi connectivity index (χ1) is 8.47. The quantitative estimate of drug-likeness (QED) is 0.859. The van der Waals surface area contributed by atoms with Gasteiger partial charge in [0.05, 0.1) is 0 Å². The van der Waals surface area contributed by atoms with Crippen molar-refractivity contribution in [2.75, 3.05) is 0 Å². The van der Waals surface area contributed by atoms with Crippen molar-refractivity contribution in [1.82, 2.24) is 0 Å². The molecule has 0 saturated heterocycles. The van der Waals surface area contributed by atoms with E-state index in [0.29, 0.717) is 17.6 Å². The van der Waals surface area contributed by atoms with Gasteiger partial charge in [-0.1, -0.05) is 33.3 Å². The fraction of sp³-hybridized carbons (Fsp3) is 0.625. The van der Waals surface area contributed by atoms with E-state index in [1.807, 2.05) is 0 Å². The third-order valence-corrected chi connectivity index (χ3v) is 5.14. The highest BCUT2D eigenvalue weighted by molar-refractivity contribution is 5.40. The van der Waals surface area contributed by atoms with Crippen LogP contribution < -0.4 is 4.74 Å².